The second-order valence-corrected chi connectivity index (χ2v) is 5.94. The number of ether oxygens (including phenoxy) is 1. The molecule has 0 unspecified atom stereocenters. The van der Waals surface area contributed by atoms with Crippen LogP contribution >= 0.6 is 0 Å². The van der Waals surface area contributed by atoms with E-state index in [9.17, 15) is 4.39 Å². The summed E-state index contributed by atoms with van der Waals surface area (Å²) in [5, 5.41) is 4.34. The third-order valence-corrected chi connectivity index (χ3v) is 4.12. The summed E-state index contributed by atoms with van der Waals surface area (Å²) in [6.45, 7) is 6.63. The lowest BCUT2D eigenvalue weighted by atomic mass is 10.1. The van der Waals surface area contributed by atoms with E-state index in [-0.39, 0.29) is 5.82 Å². The largest absolute Gasteiger partial charge is 0.378 e. The van der Waals surface area contributed by atoms with Crippen molar-refractivity contribution in [2.24, 2.45) is 5.10 Å². The number of benzene rings is 2. The zero-order valence-corrected chi connectivity index (χ0v) is 14.1. The fourth-order valence-corrected chi connectivity index (χ4v) is 2.63. The molecule has 4 nitrogen and oxygen atoms in total. The van der Waals surface area contributed by atoms with E-state index in [2.05, 4.69) is 10.5 Å². The van der Waals surface area contributed by atoms with Crippen molar-refractivity contribution in [3.8, 4) is 0 Å². The fraction of sp³-hybridized carbons (Fsp3) is 0.316. The maximum Gasteiger partial charge on any atom is 0.147 e. The molecule has 1 aliphatic rings. The Kier molecular flexibility index (Phi) is 5.11. The van der Waals surface area contributed by atoms with Crippen molar-refractivity contribution in [1.82, 2.24) is 0 Å². The zero-order chi connectivity index (χ0) is 16.9. The van der Waals surface area contributed by atoms with Crippen LogP contribution in [0.4, 0.5) is 15.8 Å². The first kappa shape index (κ1) is 16.5. The highest BCUT2D eigenvalue weighted by atomic mass is 19.1. The number of aryl methyl sites for hydroxylation is 1. The fourth-order valence-electron chi connectivity index (χ4n) is 2.63. The van der Waals surface area contributed by atoms with Crippen molar-refractivity contribution in [3.05, 3.63) is 59.4 Å². The molecule has 2 aromatic carbocycles. The zero-order valence-electron chi connectivity index (χ0n) is 14.1. The van der Waals surface area contributed by atoms with Gasteiger partial charge >= 0.3 is 0 Å². The molecule has 24 heavy (non-hydrogen) atoms. The summed E-state index contributed by atoms with van der Waals surface area (Å²) in [4.78, 5) is 2.01. The molecule has 1 aliphatic heterocycles. The smallest absolute Gasteiger partial charge is 0.147 e. The van der Waals surface area contributed by atoms with E-state index in [1.54, 1.807) is 6.07 Å². The number of nitrogens with zero attached hydrogens (tertiary/aromatic N) is 2. The van der Waals surface area contributed by atoms with Crippen LogP contribution in [0.15, 0.2) is 47.6 Å². The lowest BCUT2D eigenvalue weighted by molar-refractivity contribution is 0.122. The average molecular weight is 327 g/mol. The van der Waals surface area contributed by atoms with Crippen molar-refractivity contribution in [2.45, 2.75) is 13.8 Å². The van der Waals surface area contributed by atoms with Gasteiger partial charge in [0, 0.05) is 18.7 Å². The van der Waals surface area contributed by atoms with Gasteiger partial charge in [-0.2, -0.15) is 5.10 Å². The van der Waals surface area contributed by atoms with Crippen LogP contribution in [0.1, 0.15) is 18.1 Å². The van der Waals surface area contributed by atoms with E-state index in [0.717, 1.165) is 30.1 Å². The molecule has 1 saturated heterocycles. The highest BCUT2D eigenvalue weighted by molar-refractivity contribution is 5.99. The van der Waals surface area contributed by atoms with Crippen LogP contribution in [0.2, 0.25) is 0 Å². The summed E-state index contributed by atoms with van der Waals surface area (Å²) in [5.74, 6) is -0.223. The Balaban J connectivity index is 1.72. The second kappa shape index (κ2) is 7.45. The van der Waals surface area contributed by atoms with Gasteiger partial charge in [0.25, 0.3) is 0 Å². The summed E-state index contributed by atoms with van der Waals surface area (Å²) >= 11 is 0. The van der Waals surface area contributed by atoms with Crippen LogP contribution < -0.4 is 10.3 Å². The molecule has 0 aromatic heterocycles. The number of hydrazone groups is 1. The summed E-state index contributed by atoms with van der Waals surface area (Å²) in [6.07, 6.45) is 0. The molecule has 5 heteroatoms. The van der Waals surface area contributed by atoms with E-state index in [0.29, 0.717) is 18.9 Å². The van der Waals surface area contributed by atoms with Gasteiger partial charge in [-0.15, -0.1) is 0 Å². The Hall–Kier alpha value is -2.40. The highest BCUT2D eigenvalue weighted by Gasteiger charge is 2.15. The minimum atomic E-state index is -0.223. The number of nitrogens with one attached hydrogen (secondary N) is 1. The van der Waals surface area contributed by atoms with Crippen molar-refractivity contribution >= 4 is 17.1 Å². The first-order valence-electron chi connectivity index (χ1n) is 8.13. The quantitative estimate of drug-likeness (QED) is 0.685. The van der Waals surface area contributed by atoms with Gasteiger partial charge in [-0.05, 0) is 38.1 Å². The molecular formula is C19H22FN3O. The van der Waals surface area contributed by atoms with Crippen LogP contribution in [0.25, 0.3) is 0 Å². The van der Waals surface area contributed by atoms with E-state index in [1.165, 1.54) is 5.56 Å². The Labute approximate surface area is 141 Å². The highest BCUT2D eigenvalue weighted by Crippen LogP contribution is 2.22. The molecule has 0 bridgehead atoms. The second-order valence-electron chi connectivity index (χ2n) is 5.94. The number of halogens is 1. The van der Waals surface area contributed by atoms with Crippen molar-refractivity contribution in [1.29, 1.82) is 0 Å². The average Bonchev–Trinajstić information content (AvgIpc) is 2.61. The lowest BCUT2D eigenvalue weighted by Gasteiger charge is -2.29. The summed E-state index contributed by atoms with van der Waals surface area (Å²) in [5.41, 5.74) is 7.24. The van der Waals surface area contributed by atoms with Crippen molar-refractivity contribution in [2.75, 3.05) is 36.6 Å². The Morgan fingerprint density at radius 2 is 1.83 bits per heavy atom. The normalized spacial score (nSPS) is 15.5. The van der Waals surface area contributed by atoms with E-state index < -0.39 is 0 Å². The van der Waals surface area contributed by atoms with Gasteiger partial charge in [-0.1, -0.05) is 23.8 Å². The number of anilines is 2. The maximum absolute atomic E-state index is 14.4. The first-order valence-corrected chi connectivity index (χ1v) is 8.13. The maximum atomic E-state index is 14.4. The number of morpholine rings is 1. The molecular weight excluding hydrogens is 305 g/mol. The molecule has 0 saturated carbocycles. The van der Waals surface area contributed by atoms with Crippen LogP contribution in [-0.2, 0) is 4.74 Å². The predicted molar refractivity (Wildman–Crippen MR) is 96.4 cm³/mol. The molecule has 3 rings (SSSR count). The van der Waals surface area contributed by atoms with E-state index >= 15 is 0 Å². The number of rotatable bonds is 4. The van der Waals surface area contributed by atoms with Gasteiger partial charge < -0.3 is 9.64 Å². The first-order chi connectivity index (χ1) is 11.6. The monoisotopic (exact) mass is 327 g/mol. The van der Waals surface area contributed by atoms with E-state index in [4.69, 9.17) is 4.74 Å². The summed E-state index contributed by atoms with van der Waals surface area (Å²) < 4.78 is 19.8. The third-order valence-electron chi connectivity index (χ3n) is 4.12. The predicted octanol–water partition coefficient (Wildman–Crippen LogP) is 3.81. The van der Waals surface area contributed by atoms with Crippen molar-refractivity contribution < 1.29 is 9.13 Å². The van der Waals surface area contributed by atoms with Gasteiger partial charge in [0.05, 0.1) is 30.3 Å². The molecule has 0 atom stereocenters. The van der Waals surface area contributed by atoms with Gasteiger partial charge in [0.1, 0.15) is 5.82 Å². The Morgan fingerprint density at radius 3 is 2.50 bits per heavy atom. The van der Waals surface area contributed by atoms with Gasteiger partial charge in [0.15, 0.2) is 0 Å². The summed E-state index contributed by atoms with van der Waals surface area (Å²) in [6, 6.07) is 13.2. The summed E-state index contributed by atoms with van der Waals surface area (Å²) in [7, 11) is 0. The standard InChI is InChI=1S/C19H22FN3O/c1-14-3-6-17(7-4-14)22-21-15(2)16-5-8-19(18(20)13-16)23-9-11-24-12-10-23/h3-8,13,22H,9-12H2,1-2H3/b21-15-. The van der Waals surface area contributed by atoms with Crippen LogP contribution in [0.5, 0.6) is 0 Å². The molecule has 0 radical (unpaired) electrons. The van der Waals surface area contributed by atoms with Gasteiger partial charge in [0.2, 0.25) is 0 Å². The molecule has 0 amide bonds. The molecule has 1 N–H and O–H groups in total. The number of hydrogen-bond donors (Lipinski definition) is 1. The SMILES string of the molecule is C/C(=N/Nc1ccc(C)cc1)c1ccc(N2CCOCC2)c(F)c1. The van der Waals surface area contributed by atoms with Crippen LogP contribution in [0, 0.1) is 12.7 Å². The minimum absolute atomic E-state index is 0.223. The topological polar surface area (TPSA) is 36.9 Å². The third kappa shape index (κ3) is 3.92. The van der Waals surface area contributed by atoms with Crippen LogP contribution in [0.3, 0.4) is 0 Å². The minimum Gasteiger partial charge on any atom is -0.378 e. The Morgan fingerprint density at radius 1 is 1.12 bits per heavy atom. The molecule has 1 heterocycles. The van der Waals surface area contributed by atoms with Crippen LogP contribution in [-0.4, -0.2) is 32.0 Å². The van der Waals surface area contributed by atoms with E-state index in [1.807, 2.05) is 55.1 Å². The lowest BCUT2D eigenvalue weighted by Crippen LogP contribution is -2.36. The molecule has 0 spiro atoms. The molecule has 1 fully saturated rings. The van der Waals surface area contributed by atoms with Crippen molar-refractivity contribution in [3.63, 3.8) is 0 Å². The number of hydrogen-bond acceptors (Lipinski definition) is 4. The van der Waals surface area contributed by atoms with Gasteiger partial charge in [-0.25, -0.2) is 4.39 Å². The van der Waals surface area contributed by atoms with Gasteiger partial charge in [-0.3, -0.25) is 5.43 Å². The molecule has 2 aromatic rings. The molecule has 0 aliphatic carbocycles. The molecule has 126 valence electrons. The Bertz CT molecular complexity index is 722.